The van der Waals surface area contributed by atoms with Crippen LogP contribution in [0.3, 0.4) is 0 Å². The number of benzene rings is 1. The molecule has 0 amide bonds. The molecule has 0 unspecified atom stereocenters. The van der Waals surface area contributed by atoms with Gasteiger partial charge in [0.25, 0.3) is 0 Å². The molecule has 0 fully saturated rings. The first-order valence-electron chi connectivity index (χ1n) is 8.12. The second-order valence-electron chi connectivity index (χ2n) is 3.89. The van der Waals surface area contributed by atoms with Gasteiger partial charge in [0.05, 0.1) is 0 Å². The number of hydrogen-bond donors (Lipinski definition) is 0. The van der Waals surface area contributed by atoms with Gasteiger partial charge in [0.1, 0.15) is 7.05 Å². The number of pyridine rings is 1. The summed E-state index contributed by atoms with van der Waals surface area (Å²) in [5.74, 6) is 0. The summed E-state index contributed by atoms with van der Waals surface area (Å²) < 4.78 is 47.2. The van der Waals surface area contributed by atoms with E-state index in [9.17, 15) is 0 Å². The average molecular weight is 218 g/mol. The van der Waals surface area contributed by atoms with Crippen LogP contribution in [-0.2, 0) is 7.05 Å². The Hall–Kier alpha value is -1.63. The number of hydrogen-bond acceptors (Lipinski definition) is 0. The topological polar surface area (TPSA) is 3.88 Å². The molecule has 1 aromatic heterocycles. The number of aryl methyl sites for hydroxylation is 3. The maximum absolute atomic E-state index is 7.60. The van der Waals surface area contributed by atoms with E-state index < -0.39 is 13.7 Å². The van der Waals surface area contributed by atoms with Crippen molar-refractivity contribution in [2.75, 3.05) is 0 Å². The van der Waals surface area contributed by atoms with Crippen LogP contribution in [-0.4, -0.2) is 0 Å². The van der Waals surface area contributed by atoms with Crippen molar-refractivity contribution in [2.45, 2.75) is 20.6 Å². The molecule has 2 aromatic rings. The standard InChI is InChI=1S/C15H18N/c1-11-8-9-16(4)15(10-11)14-7-5-6-12(2)13(14)3/h5-10H,1-4H3/q+1/i1D3,2D3. The SMILES string of the molecule is [2H]C([2H])([2H])c1cc[n+](C)c(-c2cccc(C([2H])([2H])[2H])c2C)c1. The summed E-state index contributed by atoms with van der Waals surface area (Å²) in [6, 6.07) is 8.23. The van der Waals surface area contributed by atoms with E-state index in [0.717, 1.165) is 5.56 Å². The third-order valence-electron chi connectivity index (χ3n) is 2.76. The molecular weight excluding hydrogens is 194 g/mol. The molecule has 0 aliphatic heterocycles. The van der Waals surface area contributed by atoms with Crippen molar-refractivity contribution in [3.05, 3.63) is 53.2 Å². The Morgan fingerprint density at radius 1 is 1.19 bits per heavy atom. The fraction of sp³-hybridized carbons (Fsp3) is 0.267. The molecule has 0 bridgehead atoms. The van der Waals surface area contributed by atoms with E-state index >= 15 is 0 Å². The lowest BCUT2D eigenvalue weighted by Crippen LogP contribution is -2.30. The maximum atomic E-state index is 7.60. The van der Waals surface area contributed by atoms with Crippen LogP contribution in [0.2, 0.25) is 0 Å². The lowest BCUT2D eigenvalue weighted by molar-refractivity contribution is -0.660. The van der Waals surface area contributed by atoms with Crippen LogP contribution >= 0.6 is 0 Å². The Bertz CT molecular complexity index is 700. The molecule has 2 rings (SSSR count). The lowest BCUT2D eigenvalue weighted by Gasteiger charge is -2.07. The van der Waals surface area contributed by atoms with Crippen molar-refractivity contribution in [3.63, 3.8) is 0 Å². The van der Waals surface area contributed by atoms with Crippen LogP contribution in [0, 0.1) is 20.6 Å². The lowest BCUT2D eigenvalue weighted by atomic mass is 9.99. The first-order valence-corrected chi connectivity index (χ1v) is 5.12. The summed E-state index contributed by atoms with van der Waals surface area (Å²) in [4.78, 5) is 0. The van der Waals surface area contributed by atoms with Crippen molar-refractivity contribution in [1.82, 2.24) is 0 Å². The molecule has 0 radical (unpaired) electrons. The van der Waals surface area contributed by atoms with Gasteiger partial charge in [-0.3, -0.25) is 0 Å². The van der Waals surface area contributed by atoms with Crippen molar-refractivity contribution in [3.8, 4) is 11.3 Å². The van der Waals surface area contributed by atoms with Crippen LogP contribution in [0.4, 0.5) is 0 Å². The second-order valence-corrected chi connectivity index (χ2v) is 3.89. The summed E-state index contributed by atoms with van der Waals surface area (Å²) in [7, 11) is 1.81. The van der Waals surface area contributed by atoms with E-state index in [1.54, 1.807) is 49.0 Å². The summed E-state index contributed by atoms with van der Waals surface area (Å²) in [5, 5.41) is 0. The van der Waals surface area contributed by atoms with E-state index in [4.69, 9.17) is 8.22 Å². The zero-order valence-electron chi connectivity index (χ0n) is 15.4. The van der Waals surface area contributed by atoms with Crippen molar-refractivity contribution in [2.24, 2.45) is 7.05 Å². The monoisotopic (exact) mass is 218 g/mol. The third kappa shape index (κ3) is 1.85. The van der Waals surface area contributed by atoms with Crippen LogP contribution in [0.25, 0.3) is 11.3 Å². The molecule has 0 aliphatic carbocycles. The van der Waals surface area contributed by atoms with Crippen molar-refractivity contribution >= 4 is 0 Å². The van der Waals surface area contributed by atoms with Gasteiger partial charge in [-0.2, -0.15) is 0 Å². The molecule has 16 heavy (non-hydrogen) atoms. The zero-order valence-corrected chi connectivity index (χ0v) is 9.41. The van der Waals surface area contributed by atoms with Gasteiger partial charge in [0.15, 0.2) is 6.20 Å². The largest absolute Gasteiger partial charge is 0.212 e. The van der Waals surface area contributed by atoms with Gasteiger partial charge >= 0.3 is 0 Å². The van der Waals surface area contributed by atoms with Gasteiger partial charge < -0.3 is 0 Å². The molecule has 1 nitrogen and oxygen atoms in total. The van der Waals surface area contributed by atoms with Gasteiger partial charge in [-0.1, -0.05) is 12.1 Å². The summed E-state index contributed by atoms with van der Waals surface area (Å²) in [6.45, 7) is -2.64. The Kier molecular flexibility index (Phi) is 1.44. The maximum Gasteiger partial charge on any atom is 0.212 e. The Labute approximate surface area is 106 Å². The quantitative estimate of drug-likeness (QED) is 0.648. The zero-order chi connectivity index (χ0) is 16.7. The van der Waals surface area contributed by atoms with Gasteiger partial charge in [0.2, 0.25) is 5.69 Å². The molecule has 0 N–H and O–H groups in total. The average Bonchev–Trinajstić information content (AvgIpc) is 2.37. The minimum absolute atomic E-state index is 0.235. The minimum Gasteiger partial charge on any atom is -0.201 e. The minimum atomic E-state index is -2.20. The Morgan fingerprint density at radius 3 is 2.81 bits per heavy atom. The van der Waals surface area contributed by atoms with Gasteiger partial charge in [-0.25, -0.2) is 4.57 Å². The predicted molar refractivity (Wildman–Crippen MR) is 67.3 cm³/mol. The normalized spacial score (nSPS) is 17.6. The van der Waals surface area contributed by atoms with Gasteiger partial charge in [-0.05, 0) is 43.4 Å². The highest BCUT2D eigenvalue weighted by atomic mass is 14.9. The fourth-order valence-corrected chi connectivity index (χ4v) is 1.75. The molecule has 0 atom stereocenters. The van der Waals surface area contributed by atoms with E-state index in [1.165, 1.54) is 0 Å². The van der Waals surface area contributed by atoms with Crippen LogP contribution in [0.1, 0.15) is 24.9 Å². The van der Waals surface area contributed by atoms with E-state index in [-0.39, 0.29) is 11.1 Å². The Balaban J connectivity index is 2.67. The summed E-state index contributed by atoms with van der Waals surface area (Å²) in [6.07, 6.45) is 1.68. The summed E-state index contributed by atoms with van der Waals surface area (Å²) in [5.41, 5.74) is 2.56. The Morgan fingerprint density at radius 2 is 2.06 bits per heavy atom. The molecule has 0 aliphatic rings. The highest BCUT2D eigenvalue weighted by Gasteiger charge is 2.12. The number of nitrogens with zero attached hydrogens (tertiary/aromatic N) is 1. The second kappa shape index (κ2) is 4.09. The molecular formula is C15H18N+. The first kappa shape index (κ1) is 5.62. The van der Waals surface area contributed by atoms with E-state index in [2.05, 4.69) is 0 Å². The van der Waals surface area contributed by atoms with Crippen molar-refractivity contribution in [1.29, 1.82) is 0 Å². The van der Waals surface area contributed by atoms with Crippen LogP contribution in [0.5, 0.6) is 0 Å². The molecule has 0 saturated heterocycles. The molecule has 0 saturated carbocycles. The van der Waals surface area contributed by atoms with E-state index in [0.29, 0.717) is 11.3 Å². The third-order valence-corrected chi connectivity index (χ3v) is 2.76. The predicted octanol–water partition coefficient (Wildman–Crippen LogP) is 3.10. The molecule has 1 heterocycles. The molecule has 0 spiro atoms. The van der Waals surface area contributed by atoms with Gasteiger partial charge in [-0.15, -0.1) is 0 Å². The fourth-order valence-electron chi connectivity index (χ4n) is 1.75. The molecule has 82 valence electrons. The van der Waals surface area contributed by atoms with Gasteiger partial charge in [0, 0.05) is 25.9 Å². The van der Waals surface area contributed by atoms with Crippen LogP contribution < -0.4 is 4.57 Å². The molecule has 1 aromatic carbocycles. The van der Waals surface area contributed by atoms with Crippen molar-refractivity contribution < 1.29 is 12.8 Å². The van der Waals surface area contributed by atoms with Crippen LogP contribution in [0.15, 0.2) is 36.5 Å². The number of rotatable bonds is 1. The summed E-state index contributed by atoms with van der Waals surface area (Å²) >= 11 is 0. The first-order chi connectivity index (χ1) is 10.0. The number of aromatic nitrogens is 1. The highest BCUT2D eigenvalue weighted by molar-refractivity contribution is 5.63. The highest BCUT2D eigenvalue weighted by Crippen LogP contribution is 2.22. The smallest absolute Gasteiger partial charge is 0.201 e. The van der Waals surface area contributed by atoms with E-state index in [1.807, 2.05) is 6.07 Å². The molecule has 1 heteroatoms.